The monoisotopic (exact) mass is 527 g/mol. The summed E-state index contributed by atoms with van der Waals surface area (Å²) in [7, 11) is 0. The molecule has 0 aromatic heterocycles. The number of aliphatic hydroxyl groups is 1. The summed E-state index contributed by atoms with van der Waals surface area (Å²) in [5, 5.41) is 19.3. The van der Waals surface area contributed by atoms with E-state index in [1.165, 1.54) is 34.4 Å². The van der Waals surface area contributed by atoms with Crippen molar-refractivity contribution in [2.45, 2.75) is 71.9 Å². The molecule has 36 heavy (non-hydrogen) atoms. The van der Waals surface area contributed by atoms with Crippen LogP contribution in [0.2, 0.25) is 0 Å². The largest absolute Gasteiger partial charge is 0.389 e. The molecule has 2 aromatic rings. The minimum atomic E-state index is -0.718. The van der Waals surface area contributed by atoms with Gasteiger partial charge in [0.1, 0.15) is 11.9 Å². The lowest BCUT2D eigenvalue weighted by Gasteiger charge is -2.34. The maximum absolute atomic E-state index is 12.8. The molecule has 2 fully saturated rings. The first-order valence-corrected chi connectivity index (χ1v) is 15.0. The van der Waals surface area contributed by atoms with Crippen molar-refractivity contribution < 1.29 is 14.7 Å². The van der Waals surface area contributed by atoms with Crippen LogP contribution < -0.4 is 10.6 Å². The molecule has 2 aliphatic heterocycles. The highest BCUT2D eigenvalue weighted by molar-refractivity contribution is 8.01. The van der Waals surface area contributed by atoms with E-state index in [0.29, 0.717) is 17.9 Å². The molecule has 194 valence electrons. The lowest BCUT2D eigenvalue weighted by atomic mass is 9.97. The Labute approximate surface area is 222 Å². The predicted octanol–water partition coefficient (Wildman–Crippen LogP) is 4.28. The smallest absolute Gasteiger partial charge is 0.237 e. The van der Waals surface area contributed by atoms with Gasteiger partial charge in [-0.15, -0.1) is 23.5 Å². The molecular weight excluding hydrogens is 490 g/mol. The number of amides is 1. The van der Waals surface area contributed by atoms with Crippen LogP contribution in [-0.4, -0.2) is 58.5 Å². The molecule has 2 heterocycles. The lowest BCUT2D eigenvalue weighted by Crippen LogP contribution is -2.48. The average molecular weight is 528 g/mol. The summed E-state index contributed by atoms with van der Waals surface area (Å²) in [6, 6.07) is 17.3. The van der Waals surface area contributed by atoms with E-state index < -0.39 is 11.5 Å². The van der Waals surface area contributed by atoms with Crippen molar-refractivity contribution in [2.24, 2.45) is 0 Å². The van der Waals surface area contributed by atoms with Crippen LogP contribution in [-0.2, 0) is 21.8 Å². The van der Waals surface area contributed by atoms with E-state index in [1.807, 2.05) is 30.0 Å². The van der Waals surface area contributed by atoms with Crippen LogP contribution in [0.1, 0.15) is 55.3 Å². The van der Waals surface area contributed by atoms with Crippen molar-refractivity contribution in [2.75, 3.05) is 26.2 Å². The first-order chi connectivity index (χ1) is 17.5. The molecule has 1 spiro atoms. The molecule has 2 aromatic carbocycles. The zero-order chi connectivity index (χ0) is 25.0. The van der Waals surface area contributed by atoms with E-state index >= 15 is 0 Å². The standard InChI is InChI=1S/C28H37N3O3S2/c1-2-20-9-10-25-22(15-20)23(16-28(36-25)11-12-28)29-17-24(32)27(35-19-21-7-4-3-5-8-21)30-26(33)18-31-13-6-14-34-31/h3-5,7-10,15,23-24,27,29,32H,2,6,11-14,16-19H2,1H3,(H,30,33)/t23-,24-,27+/m1/s1. The molecule has 1 saturated carbocycles. The Morgan fingerprint density at radius 2 is 2.08 bits per heavy atom. The van der Waals surface area contributed by atoms with Crippen LogP contribution in [0, 0.1) is 0 Å². The molecule has 0 bridgehead atoms. The second kappa shape index (κ2) is 11.9. The van der Waals surface area contributed by atoms with Crippen LogP contribution in [0.25, 0.3) is 0 Å². The Kier molecular flexibility index (Phi) is 8.60. The Morgan fingerprint density at radius 1 is 1.25 bits per heavy atom. The van der Waals surface area contributed by atoms with Crippen molar-refractivity contribution >= 4 is 29.4 Å². The fourth-order valence-corrected chi connectivity index (χ4v) is 7.51. The van der Waals surface area contributed by atoms with Crippen LogP contribution in [0.4, 0.5) is 0 Å². The molecule has 3 aliphatic rings. The molecule has 1 amide bonds. The van der Waals surface area contributed by atoms with Crippen molar-refractivity contribution in [3.63, 3.8) is 0 Å². The summed E-state index contributed by atoms with van der Waals surface area (Å²) in [4.78, 5) is 19.6. The second-order valence-corrected chi connectivity index (χ2v) is 12.7. The molecule has 5 rings (SSSR count). The third-order valence-corrected chi connectivity index (χ3v) is 10.1. The van der Waals surface area contributed by atoms with Gasteiger partial charge < -0.3 is 15.7 Å². The van der Waals surface area contributed by atoms with Gasteiger partial charge in [0.2, 0.25) is 5.91 Å². The lowest BCUT2D eigenvalue weighted by molar-refractivity contribution is -0.142. The van der Waals surface area contributed by atoms with Gasteiger partial charge in [-0.05, 0) is 54.9 Å². The third-order valence-electron chi connectivity index (χ3n) is 7.21. The van der Waals surface area contributed by atoms with Crippen LogP contribution >= 0.6 is 23.5 Å². The highest BCUT2D eigenvalue weighted by atomic mass is 32.2. The minimum absolute atomic E-state index is 0.120. The average Bonchev–Trinajstić information content (AvgIpc) is 3.43. The molecule has 1 saturated heterocycles. The van der Waals surface area contributed by atoms with Crippen LogP contribution in [0.5, 0.6) is 0 Å². The fourth-order valence-electron chi connectivity index (χ4n) is 4.94. The predicted molar refractivity (Wildman–Crippen MR) is 147 cm³/mol. The molecule has 3 N–H and O–H groups in total. The number of thioether (sulfide) groups is 2. The summed E-state index contributed by atoms with van der Waals surface area (Å²) >= 11 is 3.61. The van der Waals surface area contributed by atoms with Gasteiger partial charge in [0, 0.05) is 34.5 Å². The number of nitrogens with zero attached hydrogens (tertiary/aromatic N) is 1. The van der Waals surface area contributed by atoms with Gasteiger partial charge in [0.15, 0.2) is 0 Å². The summed E-state index contributed by atoms with van der Waals surface area (Å²) < 4.78 is 0.356. The van der Waals surface area contributed by atoms with Gasteiger partial charge in [0.05, 0.1) is 12.7 Å². The SMILES string of the molecule is CCc1ccc2c(c1)[C@H](NC[C@@H](O)[C@@H](NC(=O)CN1CCCO1)SCc1ccccc1)CC1(CC1)S2. The van der Waals surface area contributed by atoms with Crippen molar-refractivity contribution in [1.82, 2.24) is 15.7 Å². The van der Waals surface area contributed by atoms with E-state index in [2.05, 4.69) is 47.9 Å². The van der Waals surface area contributed by atoms with E-state index in [1.54, 1.807) is 16.8 Å². The number of carbonyl (C=O) groups excluding carboxylic acids is 1. The fraction of sp³-hybridized carbons (Fsp3) is 0.536. The van der Waals surface area contributed by atoms with Gasteiger partial charge in [0.25, 0.3) is 0 Å². The summed E-state index contributed by atoms with van der Waals surface area (Å²) in [6.45, 7) is 4.23. The zero-order valence-corrected chi connectivity index (χ0v) is 22.6. The maximum Gasteiger partial charge on any atom is 0.237 e. The van der Waals surface area contributed by atoms with Crippen LogP contribution in [0.3, 0.4) is 0 Å². The first kappa shape index (κ1) is 26.1. The Morgan fingerprint density at radius 3 is 2.81 bits per heavy atom. The quantitative estimate of drug-likeness (QED) is 0.377. The number of nitrogens with one attached hydrogen (secondary N) is 2. The zero-order valence-electron chi connectivity index (χ0n) is 20.9. The molecule has 6 nitrogen and oxygen atoms in total. The third kappa shape index (κ3) is 6.65. The number of fused-ring (bicyclic) bond motifs is 1. The summed E-state index contributed by atoms with van der Waals surface area (Å²) in [5.74, 6) is 0.597. The topological polar surface area (TPSA) is 73.8 Å². The van der Waals surface area contributed by atoms with E-state index in [-0.39, 0.29) is 18.5 Å². The molecule has 0 unspecified atom stereocenters. The second-order valence-electron chi connectivity index (χ2n) is 10.1. The highest BCUT2D eigenvalue weighted by Gasteiger charge is 2.48. The Balaban J connectivity index is 1.24. The molecular formula is C28H37N3O3S2. The first-order valence-electron chi connectivity index (χ1n) is 13.1. The Hall–Kier alpha value is -1.55. The van der Waals surface area contributed by atoms with E-state index in [0.717, 1.165) is 31.6 Å². The van der Waals surface area contributed by atoms with Gasteiger partial charge in [-0.25, -0.2) is 0 Å². The minimum Gasteiger partial charge on any atom is -0.389 e. The van der Waals surface area contributed by atoms with E-state index in [4.69, 9.17) is 4.84 Å². The number of rotatable bonds is 11. The molecule has 8 heteroatoms. The number of hydroxylamine groups is 2. The van der Waals surface area contributed by atoms with Gasteiger partial charge in [-0.3, -0.25) is 9.63 Å². The van der Waals surface area contributed by atoms with Gasteiger partial charge >= 0.3 is 0 Å². The Bertz CT molecular complexity index is 1030. The van der Waals surface area contributed by atoms with Gasteiger partial charge in [-0.1, -0.05) is 49.4 Å². The number of benzene rings is 2. The molecule has 0 radical (unpaired) electrons. The molecule has 3 atom stereocenters. The van der Waals surface area contributed by atoms with Crippen molar-refractivity contribution in [1.29, 1.82) is 0 Å². The number of aryl methyl sites for hydroxylation is 1. The summed E-state index contributed by atoms with van der Waals surface area (Å²) in [5.41, 5.74) is 3.87. The number of carbonyl (C=O) groups is 1. The number of aliphatic hydroxyl groups excluding tert-OH is 1. The van der Waals surface area contributed by atoms with E-state index in [9.17, 15) is 9.90 Å². The molecule has 1 aliphatic carbocycles. The maximum atomic E-state index is 12.8. The van der Waals surface area contributed by atoms with Crippen molar-refractivity contribution in [3.05, 3.63) is 65.2 Å². The van der Waals surface area contributed by atoms with Gasteiger partial charge in [-0.2, -0.15) is 5.06 Å². The number of hydrogen-bond donors (Lipinski definition) is 3. The number of hydrogen-bond acceptors (Lipinski definition) is 7. The summed E-state index contributed by atoms with van der Waals surface area (Å²) in [6.07, 6.45) is 4.85. The highest BCUT2D eigenvalue weighted by Crippen LogP contribution is 2.60. The van der Waals surface area contributed by atoms with Crippen molar-refractivity contribution in [3.8, 4) is 0 Å². The van der Waals surface area contributed by atoms with Crippen LogP contribution in [0.15, 0.2) is 53.4 Å². The normalized spacial score (nSPS) is 22.2.